The van der Waals surface area contributed by atoms with Gasteiger partial charge in [-0.15, -0.1) is 0 Å². The van der Waals surface area contributed by atoms with Crippen molar-refractivity contribution in [2.75, 3.05) is 25.7 Å². The number of benzene rings is 2. The van der Waals surface area contributed by atoms with Gasteiger partial charge in [-0.3, -0.25) is 4.79 Å². The minimum Gasteiger partial charge on any atom is -0.497 e. The van der Waals surface area contributed by atoms with Crippen molar-refractivity contribution in [1.29, 1.82) is 0 Å². The zero-order valence-electron chi connectivity index (χ0n) is 16.7. The normalized spacial score (nSPS) is 16.3. The van der Waals surface area contributed by atoms with Gasteiger partial charge >= 0.3 is 0 Å². The Morgan fingerprint density at radius 1 is 1.14 bits per heavy atom. The molecule has 0 N–H and O–H groups in total. The van der Waals surface area contributed by atoms with Crippen molar-refractivity contribution in [3.8, 4) is 23.0 Å². The molecular weight excluding hydrogens is 370 g/mol. The van der Waals surface area contributed by atoms with Crippen LogP contribution < -0.4 is 14.4 Å². The van der Waals surface area contributed by atoms with Crippen LogP contribution in [0.15, 0.2) is 47.0 Å². The van der Waals surface area contributed by atoms with Crippen LogP contribution in [-0.4, -0.2) is 36.8 Å². The second kappa shape index (κ2) is 7.95. The Kier molecular flexibility index (Phi) is 5.20. The molecule has 0 spiro atoms. The average Bonchev–Trinajstić information content (AvgIpc) is 3.40. The number of methoxy groups -OCH3 is 2. The molecule has 4 rings (SSSR count). The van der Waals surface area contributed by atoms with E-state index in [1.807, 2.05) is 12.1 Å². The molecule has 0 saturated carbocycles. The third kappa shape index (κ3) is 3.68. The summed E-state index contributed by atoms with van der Waals surface area (Å²) in [6.07, 6.45) is 1.29. The highest BCUT2D eigenvalue weighted by Crippen LogP contribution is 2.38. The van der Waals surface area contributed by atoms with Gasteiger partial charge in [0.05, 0.1) is 19.9 Å². The predicted molar refractivity (Wildman–Crippen MR) is 108 cm³/mol. The number of nitrogens with zero attached hydrogens (tertiary/aromatic N) is 3. The summed E-state index contributed by atoms with van der Waals surface area (Å²) in [5.41, 5.74) is 2.80. The number of hydrogen-bond donors (Lipinski definition) is 0. The first-order valence-corrected chi connectivity index (χ1v) is 9.58. The quantitative estimate of drug-likeness (QED) is 0.633. The van der Waals surface area contributed by atoms with E-state index in [1.165, 1.54) is 5.56 Å². The second-order valence-corrected chi connectivity index (χ2v) is 6.95. The van der Waals surface area contributed by atoms with Crippen LogP contribution in [0.4, 0.5) is 5.69 Å². The highest BCUT2D eigenvalue weighted by atomic mass is 16.5. The standard InChI is InChI=1S/C22H23N3O4/c1-4-14-5-7-15(8-6-14)22-23-21(24-29-22)16-11-20(26)25(13-16)18-12-17(27-2)9-10-19(18)28-3/h5-10,12,16H,4,11,13H2,1-3H3. The molecule has 0 bridgehead atoms. The molecule has 1 aliphatic heterocycles. The topological polar surface area (TPSA) is 77.7 Å². The smallest absolute Gasteiger partial charge is 0.257 e. The number of aromatic nitrogens is 2. The summed E-state index contributed by atoms with van der Waals surface area (Å²) in [7, 11) is 3.17. The van der Waals surface area contributed by atoms with Gasteiger partial charge in [-0.25, -0.2) is 0 Å². The van der Waals surface area contributed by atoms with Gasteiger partial charge in [-0.1, -0.05) is 24.2 Å². The summed E-state index contributed by atoms with van der Waals surface area (Å²) in [5.74, 6) is 2.12. The van der Waals surface area contributed by atoms with Crippen LogP contribution >= 0.6 is 0 Å². The number of anilines is 1. The Morgan fingerprint density at radius 3 is 2.62 bits per heavy atom. The van der Waals surface area contributed by atoms with Crippen LogP contribution in [0.2, 0.25) is 0 Å². The van der Waals surface area contributed by atoms with Crippen molar-refractivity contribution in [3.63, 3.8) is 0 Å². The maximum Gasteiger partial charge on any atom is 0.257 e. The second-order valence-electron chi connectivity index (χ2n) is 6.95. The van der Waals surface area contributed by atoms with E-state index in [9.17, 15) is 4.79 Å². The molecule has 3 aromatic rings. The first-order valence-electron chi connectivity index (χ1n) is 9.58. The first-order chi connectivity index (χ1) is 14.1. The minimum atomic E-state index is -0.147. The Labute approximate surface area is 169 Å². The third-order valence-electron chi connectivity index (χ3n) is 5.22. The fourth-order valence-electron chi connectivity index (χ4n) is 3.52. The summed E-state index contributed by atoms with van der Waals surface area (Å²) in [6, 6.07) is 13.4. The number of carbonyl (C=O) groups is 1. The molecule has 7 nitrogen and oxygen atoms in total. The van der Waals surface area contributed by atoms with E-state index in [4.69, 9.17) is 14.0 Å². The molecule has 0 radical (unpaired) electrons. The van der Waals surface area contributed by atoms with Crippen LogP contribution in [-0.2, 0) is 11.2 Å². The molecular formula is C22H23N3O4. The minimum absolute atomic E-state index is 0.0137. The van der Waals surface area contributed by atoms with E-state index in [-0.39, 0.29) is 11.8 Å². The van der Waals surface area contributed by atoms with E-state index >= 15 is 0 Å². The van der Waals surface area contributed by atoms with E-state index in [1.54, 1.807) is 37.3 Å². The molecule has 0 aliphatic carbocycles. The van der Waals surface area contributed by atoms with Gasteiger partial charge in [0.15, 0.2) is 5.82 Å². The van der Waals surface area contributed by atoms with E-state index in [2.05, 4.69) is 29.2 Å². The van der Waals surface area contributed by atoms with E-state index in [0.29, 0.717) is 41.9 Å². The molecule has 1 saturated heterocycles. The van der Waals surface area contributed by atoms with Gasteiger partial charge in [-0.05, 0) is 36.2 Å². The average molecular weight is 393 g/mol. The van der Waals surface area contributed by atoms with Crippen molar-refractivity contribution in [3.05, 3.63) is 53.9 Å². The molecule has 1 fully saturated rings. The van der Waals surface area contributed by atoms with Gasteiger partial charge in [-0.2, -0.15) is 4.98 Å². The van der Waals surface area contributed by atoms with Crippen molar-refractivity contribution >= 4 is 11.6 Å². The molecule has 1 atom stereocenters. The van der Waals surface area contributed by atoms with Gasteiger partial charge in [0.1, 0.15) is 11.5 Å². The molecule has 150 valence electrons. The van der Waals surface area contributed by atoms with Gasteiger partial charge in [0.25, 0.3) is 5.89 Å². The fraction of sp³-hybridized carbons (Fsp3) is 0.318. The summed E-state index contributed by atoms with van der Waals surface area (Å²) in [5, 5.41) is 4.14. The van der Waals surface area contributed by atoms with Crippen molar-refractivity contribution in [1.82, 2.24) is 10.1 Å². The number of rotatable bonds is 6. The molecule has 1 amide bonds. The molecule has 29 heavy (non-hydrogen) atoms. The maximum absolute atomic E-state index is 12.7. The van der Waals surface area contributed by atoms with Crippen molar-refractivity contribution < 1.29 is 18.8 Å². The highest BCUT2D eigenvalue weighted by molar-refractivity contribution is 5.98. The number of ether oxygens (including phenoxy) is 2. The summed E-state index contributed by atoms with van der Waals surface area (Å²) in [6.45, 7) is 2.57. The van der Waals surface area contributed by atoms with Crippen molar-refractivity contribution in [2.45, 2.75) is 25.7 Å². The van der Waals surface area contributed by atoms with Crippen LogP contribution in [0, 0.1) is 0 Å². The SMILES string of the molecule is CCc1ccc(-c2nc(C3CC(=O)N(c4cc(OC)ccc4OC)C3)no2)cc1. The Morgan fingerprint density at radius 2 is 1.93 bits per heavy atom. The van der Waals surface area contributed by atoms with Crippen LogP contribution in [0.25, 0.3) is 11.5 Å². The number of aryl methyl sites for hydroxylation is 1. The molecule has 2 aromatic carbocycles. The lowest BCUT2D eigenvalue weighted by Gasteiger charge is -2.20. The molecule has 1 aromatic heterocycles. The number of carbonyl (C=O) groups excluding carboxylic acids is 1. The Balaban J connectivity index is 1.56. The van der Waals surface area contributed by atoms with Crippen LogP contribution in [0.1, 0.15) is 30.7 Å². The highest BCUT2D eigenvalue weighted by Gasteiger charge is 2.36. The summed E-state index contributed by atoms with van der Waals surface area (Å²) in [4.78, 5) is 19.0. The Bertz CT molecular complexity index is 1010. The lowest BCUT2D eigenvalue weighted by molar-refractivity contribution is -0.117. The monoisotopic (exact) mass is 393 g/mol. The van der Waals surface area contributed by atoms with E-state index in [0.717, 1.165) is 12.0 Å². The number of hydrogen-bond acceptors (Lipinski definition) is 6. The zero-order valence-corrected chi connectivity index (χ0v) is 16.7. The van der Waals surface area contributed by atoms with Crippen LogP contribution in [0.3, 0.4) is 0 Å². The third-order valence-corrected chi connectivity index (χ3v) is 5.22. The zero-order chi connectivity index (χ0) is 20.4. The maximum atomic E-state index is 12.7. The van der Waals surface area contributed by atoms with Crippen LogP contribution in [0.5, 0.6) is 11.5 Å². The first kappa shape index (κ1) is 19.0. The fourth-order valence-corrected chi connectivity index (χ4v) is 3.52. The number of amides is 1. The lowest BCUT2D eigenvalue weighted by Crippen LogP contribution is -2.25. The van der Waals surface area contributed by atoms with Gasteiger partial charge < -0.3 is 18.9 Å². The largest absolute Gasteiger partial charge is 0.497 e. The molecule has 2 heterocycles. The summed E-state index contributed by atoms with van der Waals surface area (Å²) >= 11 is 0. The lowest BCUT2D eigenvalue weighted by atomic mass is 10.1. The predicted octanol–water partition coefficient (Wildman–Crippen LogP) is 3.84. The molecule has 7 heteroatoms. The van der Waals surface area contributed by atoms with E-state index < -0.39 is 0 Å². The Hall–Kier alpha value is -3.35. The molecule has 1 unspecified atom stereocenters. The van der Waals surface area contributed by atoms with Crippen molar-refractivity contribution in [2.24, 2.45) is 0 Å². The van der Waals surface area contributed by atoms with Gasteiger partial charge in [0.2, 0.25) is 5.91 Å². The van der Waals surface area contributed by atoms with Gasteiger partial charge in [0, 0.05) is 30.5 Å². The molecule has 1 aliphatic rings. The summed E-state index contributed by atoms with van der Waals surface area (Å²) < 4.78 is 16.2.